The van der Waals surface area contributed by atoms with E-state index in [0.29, 0.717) is 39.7 Å². The molecule has 0 saturated heterocycles. The molecule has 1 amide bonds. The molecule has 0 aliphatic rings. The van der Waals surface area contributed by atoms with Gasteiger partial charge in [-0.2, -0.15) is 5.10 Å². The van der Waals surface area contributed by atoms with Crippen LogP contribution in [0, 0.1) is 18.6 Å². The lowest BCUT2D eigenvalue weighted by atomic mass is 10.2. The molecule has 0 spiro atoms. The third-order valence-corrected chi connectivity index (χ3v) is 5.29. The van der Waals surface area contributed by atoms with E-state index in [-0.39, 0.29) is 18.1 Å². The molecule has 0 bridgehead atoms. The van der Waals surface area contributed by atoms with Gasteiger partial charge >= 0.3 is 0 Å². The average molecular weight is 493 g/mol. The second-order valence-corrected chi connectivity index (χ2v) is 7.89. The van der Waals surface area contributed by atoms with E-state index >= 15 is 0 Å². The Morgan fingerprint density at radius 3 is 2.79 bits per heavy atom. The Bertz CT molecular complexity index is 1320. The van der Waals surface area contributed by atoms with Gasteiger partial charge in [0.15, 0.2) is 17.3 Å². The van der Waals surface area contributed by atoms with Crippen molar-refractivity contribution in [3.63, 3.8) is 0 Å². The number of hydrogen-bond donors (Lipinski definition) is 1. The van der Waals surface area contributed by atoms with Crippen molar-refractivity contribution in [3.05, 3.63) is 93.1 Å². The topological polar surface area (TPSA) is 82.2 Å². The molecule has 2 heterocycles. The number of carbonyl (C=O) groups excluding carboxylic acids is 1. The number of hydrogen-bond acceptors (Lipinski definition) is 5. The van der Waals surface area contributed by atoms with Crippen LogP contribution >= 0.6 is 23.2 Å². The first kappa shape index (κ1) is 22.8. The fourth-order valence-electron chi connectivity index (χ4n) is 3.01. The van der Waals surface area contributed by atoms with E-state index in [9.17, 15) is 13.6 Å². The highest BCUT2D eigenvalue weighted by Crippen LogP contribution is 2.23. The first-order chi connectivity index (χ1) is 15.8. The second kappa shape index (κ2) is 9.60. The number of nitrogens with one attached hydrogen (secondary N) is 1. The predicted octanol–water partition coefficient (Wildman–Crippen LogP) is 5.64. The third kappa shape index (κ3) is 5.32. The maximum absolute atomic E-state index is 13.8. The number of rotatable bonds is 7. The van der Waals surface area contributed by atoms with E-state index in [2.05, 4.69) is 15.6 Å². The van der Waals surface area contributed by atoms with Crippen molar-refractivity contribution in [1.29, 1.82) is 0 Å². The molecule has 0 unspecified atom stereocenters. The Balaban J connectivity index is 1.44. The van der Waals surface area contributed by atoms with E-state index in [1.54, 1.807) is 36.0 Å². The number of nitrogens with zero attached hydrogens (tertiary/aromatic N) is 3. The van der Waals surface area contributed by atoms with Gasteiger partial charge in [0.25, 0.3) is 5.91 Å². The summed E-state index contributed by atoms with van der Waals surface area (Å²) >= 11 is 12.1. The van der Waals surface area contributed by atoms with Gasteiger partial charge in [-0.15, -0.1) is 0 Å². The van der Waals surface area contributed by atoms with Gasteiger partial charge in [0.1, 0.15) is 18.2 Å². The van der Waals surface area contributed by atoms with Crippen molar-refractivity contribution < 1.29 is 22.8 Å². The summed E-state index contributed by atoms with van der Waals surface area (Å²) in [6.45, 7) is 1.77. The van der Waals surface area contributed by atoms with Gasteiger partial charge in [0.2, 0.25) is 0 Å². The number of halogens is 4. The van der Waals surface area contributed by atoms with Gasteiger partial charge < -0.3 is 14.6 Å². The number of carbonyl (C=O) groups is 1. The summed E-state index contributed by atoms with van der Waals surface area (Å²) in [5, 5.41) is 11.7. The number of benzene rings is 2. The van der Waals surface area contributed by atoms with Crippen LogP contribution in [0.5, 0.6) is 5.75 Å². The molecular weight excluding hydrogens is 477 g/mol. The average Bonchev–Trinajstić information content (AvgIpc) is 3.35. The molecule has 1 N–H and O–H groups in total. The first-order valence-electron chi connectivity index (χ1n) is 9.61. The number of amides is 1. The van der Waals surface area contributed by atoms with Crippen LogP contribution in [0.4, 0.5) is 14.5 Å². The largest absolute Gasteiger partial charge is 0.486 e. The molecule has 4 aromatic rings. The van der Waals surface area contributed by atoms with Crippen molar-refractivity contribution in [2.24, 2.45) is 0 Å². The van der Waals surface area contributed by atoms with Crippen LogP contribution in [0.2, 0.25) is 10.0 Å². The summed E-state index contributed by atoms with van der Waals surface area (Å²) < 4.78 is 39.0. The number of anilines is 1. The highest BCUT2D eigenvalue weighted by molar-refractivity contribution is 6.35. The molecule has 0 saturated carbocycles. The van der Waals surface area contributed by atoms with Gasteiger partial charge in [-0.25, -0.2) is 8.78 Å². The van der Waals surface area contributed by atoms with Gasteiger partial charge in [0, 0.05) is 22.3 Å². The Labute approximate surface area is 196 Å². The second-order valence-electron chi connectivity index (χ2n) is 7.05. The smallest absolute Gasteiger partial charge is 0.278 e. The predicted molar refractivity (Wildman–Crippen MR) is 118 cm³/mol. The van der Waals surface area contributed by atoms with Crippen LogP contribution in [-0.2, 0) is 13.2 Å². The summed E-state index contributed by atoms with van der Waals surface area (Å²) in [4.78, 5) is 12.7. The van der Waals surface area contributed by atoms with Crippen molar-refractivity contribution in [2.45, 2.75) is 20.1 Å². The Hall–Kier alpha value is -3.43. The summed E-state index contributed by atoms with van der Waals surface area (Å²) in [7, 11) is 0. The lowest BCUT2D eigenvalue weighted by Crippen LogP contribution is -2.15. The molecule has 0 aliphatic heterocycles. The Kier molecular flexibility index (Phi) is 6.62. The monoisotopic (exact) mass is 492 g/mol. The van der Waals surface area contributed by atoms with E-state index in [1.807, 2.05) is 0 Å². The SMILES string of the molecule is Cc1onc(C(=O)Nc2cnn(Cc3ccc(Cl)cc3Cl)c2)c1COc1ccc(F)cc1F. The Morgan fingerprint density at radius 1 is 1.21 bits per heavy atom. The third-order valence-electron chi connectivity index (χ3n) is 4.70. The molecule has 2 aromatic carbocycles. The molecule has 0 atom stereocenters. The summed E-state index contributed by atoms with van der Waals surface area (Å²) in [6, 6.07) is 8.09. The molecular formula is C22H16Cl2F2N4O3. The minimum absolute atomic E-state index is 0.0245. The van der Waals surface area contributed by atoms with Gasteiger partial charge in [-0.3, -0.25) is 9.48 Å². The van der Waals surface area contributed by atoms with Crippen molar-refractivity contribution in [2.75, 3.05) is 5.32 Å². The van der Waals surface area contributed by atoms with Crippen LogP contribution in [0.15, 0.2) is 53.3 Å². The molecule has 7 nitrogen and oxygen atoms in total. The van der Waals surface area contributed by atoms with Crippen LogP contribution < -0.4 is 10.1 Å². The molecule has 0 aliphatic carbocycles. The normalized spacial score (nSPS) is 10.9. The molecule has 33 heavy (non-hydrogen) atoms. The van der Waals surface area contributed by atoms with Crippen LogP contribution in [-0.4, -0.2) is 20.8 Å². The number of aromatic nitrogens is 3. The van der Waals surface area contributed by atoms with Gasteiger partial charge in [-0.05, 0) is 36.8 Å². The molecule has 170 valence electrons. The lowest BCUT2D eigenvalue weighted by molar-refractivity contribution is 0.101. The first-order valence-corrected chi connectivity index (χ1v) is 10.4. The molecule has 11 heteroatoms. The minimum Gasteiger partial charge on any atom is -0.486 e. The summed E-state index contributed by atoms with van der Waals surface area (Å²) in [6.07, 6.45) is 3.10. The molecule has 0 radical (unpaired) electrons. The lowest BCUT2D eigenvalue weighted by Gasteiger charge is -2.08. The summed E-state index contributed by atoms with van der Waals surface area (Å²) in [5.74, 6) is -1.97. The zero-order chi connectivity index (χ0) is 23.5. The molecule has 4 rings (SSSR count). The highest BCUT2D eigenvalue weighted by atomic mass is 35.5. The number of ether oxygens (including phenoxy) is 1. The Morgan fingerprint density at radius 2 is 2.03 bits per heavy atom. The molecule has 2 aromatic heterocycles. The standard InChI is InChI=1S/C22H16Cl2F2N4O3/c1-12-17(11-32-20-5-4-15(25)7-19(20)26)21(29-33-12)22(31)28-16-8-27-30(10-16)9-13-2-3-14(23)6-18(13)24/h2-8,10H,9,11H2,1H3,(H,28,31). The maximum atomic E-state index is 13.8. The van der Waals surface area contributed by atoms with Crippen molar-refractivity contribution in [1.82, 2.24) is 14.9 Å². The summed E-state index contributed by atoms with van der Waals surface area (Å²) in [5.41, 5.74) is 1.53. The minimum atomic E-state index is -0.858. The molecule has 0 fully saturated rings. The highest BCUT2D eigenvalue weighted by Gasteiger charge is 2.21. The zero-order valence-electron chi connectivity index (χ0n) is 17.1. The zero-order valence-corrected chi connectivity index (χ0v) is 18.6. The van der Waals surface area contributed by atoms with E-state index in [1.165, 1.54) is 6.20 Å². The van der Waals surface area contributed by atoms with E-state index in [0.717, 1.165) is 17.7 Å². The van der Waals surface area contributed by atoms with Crippen LogP contribution in [0.3, 0.4) is 0 Å². The maximum Gasteiger partial charge on any atom is 0.278 e. The van der Waals surface area contributed by atoms with Gasteiger partial charge in [-0.1, -0.05) is 34.4 Å². The fraction of sp³-hybridized carbons (Fsp3) is 0.136. The van der Waals surface area contributed by atoms with Gasteiger partial charge in [0.05, 0.1) is 24.0 Å². The van der Waals surface area contributed by atoms with Crippen molar-refractivity contribution >= 4 is 34.8 Å². The van der Waals surface area contributed by atoms with Crippen molar-refractivity contribution in [3.8, 4) is 5.75 Å². The van der Waals surface area contributed by atoms with E-state index in [4.69, 9.17) is 32.5 Å². The number of aryl methyl sites for hydroxylation is 1. The van der Waals surface area contributed by atoms with Crippen LogP contribution in [0.1, 0.15) is 27.4 Å². The van der Waals surface area contributed by atoms with E-state index < -0.39 is 17.5 Å². The quantitative estimate of drug-likeness (QED) is 0.360. The van der Waals surface area contributed by atoms with Crippen LogP contribution in [0.25, 0.3) is 0 Å². The fourth-order valence-corrected chi connectivity index (χ4v) is 3.48.